The number of hydrogen-bond donors (Lipinski definition) is 1. The minimum absolute atomic E-state index is 0.280. The third-order valence-electron chi connectivity index (χ3n) is 3.45. The molecular weight excluding hydrogens is 271 g/mol. The zero-order chi connectivity index (χ0) is 15.6. The molecule has 21 heavy (non-hydrogen) atoms. The summed E-state index contributed by atoms with van der Waals surface area (Å²) >= 11 is 0. The van der Waals surface area contributed by atoms with Crippen molar-refractivity contribution in [3.05, 3.63) is 58.4 Å². The van der Waals surface area contributed by atoms with Crippen LogP contribution in [0.25, 0.3) is 0 Å². The van der Waals surface area contributed by atoms with Gasteiger partial charge in [-0.3, -0.25) is 4.79 Å². The van der Waals surface area contributed by atoms with Gasteiger partial charge in [0.1, 0.15) is 11.6 Å². The average molecular weight is 288 g/mol. The Morgan fingerprint density at radius 3 is 2.19 bits per heavy atom. The average Bonchev–Trinajstić information content (AvgIpc) is 2.40. The van der Waals surface area contributed by atoms with E-state index in [1.54, 1.807) is 32.9 Å². The van der Waals surface area contributed by atoms with Gasteiger partial charge in [-0.15, -0.1) is 0 Å². The maximum Gasteiger partial charge on any atom is 0.310 e. The Kier molecular flexibility index (Phi) is 4.31. The molecule has 2 aromatic rings. The van der Waals surface area contributed by atoms with Crippen LogP contribution in [0.15, 0.2) is 24.3 Å². The molecule has 4 nitrogen and oxygen atoms in total. The number of aromatic nitrogens is 2. The third-order valence-corrected chi connectivity index (χ3v) is 3.45. The Morgan fingerprint density at radius 1 is 1.19 bits per heavy atom. The maximum absolute atomic E-state index is 12.9. The van der Waals surface area contributed by atoms with Crippen LogP contribution in [0.3, 0.4) is 0 Å². The van der Waals surface area contributed by atoms with Gasteiger partial charge in [-0.2, -0.15) is 0 Å². The summed E-state index contributed by atoms with van der Waals surface area (Å²) in [6.45, 7) is 5.20. The van der Waals surface area contributed by atoms with Crippen molar-refractivity contribution in [1.82, 2.24) is 9.97 Å². The fourth-order valence-electron chi connectivity index (χ4n) is 2.41. The molecule has 0 aliphatic heterocycles. The fourth-order valence-corrected chi connectivity index (χ4v) is 2.41. The topological polar surface area (TPSA) is 63.1 Å². The second-order valence-corrected chi connectivity index (χ2v) is 5.09. The van der Waals surface area contributed by atoms with E-state index in [-0.39, 0.29) is 5.82 Å². The van der Waals surface area contributed by atoms with Gasteiger partial charge < -0.3 is 5.11 Å². The number of aliphatic carboxylic acids is 1. The second kappa shape index (κ2) is 5.99. The summed E-state index contributed by atoms with van der Waals surface area (Å²) in [6.07, 6.45) is 0.490. The highest BCUT2D eigenvalue weighted by Gasteiger charge is 2.20. The predicted octanol–water partition coefficient (Wildman–Crippen LogP) is 3.01. The lowest BCUT2D eigenvalue weighted by Gasteiger charge is -2.14. The highest BCUT2D eigenvalue weighted by atomic mass is 19.1. The molecule has 1 aromatic carbocycles. The molecular formula is C16H17FN2O2. The van der Waals surface area contributed by atoms with Gasteiger partial charge in [0.15, 0.2) is 0 Å². The zero-order valence-corrected chi connectivity index (χ0v) is 12.2. The van der Waals surface area contributed by atoms with Crippen molar-refractivity contribution >= 4 is 5.97 Å². The number of hydrogen-bond acceptors (Lipinski definition) is 3. The molecule has 0 aliphatic carbocycles. The number of halogens is 1. The number of carboxylic acids is 1. The smallest absolute Gasteiger partial charge is 0.310 e. The first-order chi connectivity index (χ1) is 9.88. The first-order valence-electron chi connectivity index (χ1n) is 6.69. The molecule has 0 saturated heterocycles. The van der Waals surface area contributed by atoms with E-state index in [0.717, 1.165) is 5.56 Å². The largest absolute Gasteiger partial charge is 0.481 e. The molecule has 1 heterocycles. The van der Waals surface area contributed by atoms with E-state index in [4.69, 9.17) is 5.11 Å². The van der Waals surface area contributed by atoms with E-state index in [1.807, 2.05) is 0 Å². The van der Waals surface area contributed by atoms with Crippen LogP contribution in [0, 0.1) is 19.7 Å². The zero-order valence-electron chi connectivity index (χ0n) is 12.2. The highest BCUT2D eigenvalue weighted by molar-refractivity contribution is 5.76. The maximum atomic E-state index is 12.9. The van der Waals surface area contributed by atoms with Gasteiger partial charge in [0, 0.05) is 23.4 Å². The lowest BCUT2D eigenvalue weighted by Crippen LogP contribution is -2.14. The number of aryl methyl sites for hydroxylation is 2. The van der Waals surface area contributed by atoms with Gasteiger partial charge in [0.05, 0.1) is 5.92 Å². The van der Waals surface area contributed by atoms with Crippen LogP contribution in [0.4, 0.5) is 4.39 Å². The van der Waals surface area contributed by atoms with E-state index in [0.29, 0.717) is 29.2 Å². The van der Waals surface area contributed by atoms with E-state index >= 15 is 0 Å². The van der Waals surface area contributed by atoms with Crippen LogP contribution in [0.5, 0.6) is 0 Å². The summed E-state index contributed by atoms with van der Waals surface area (Å²) in [5, 5.41) is 9.12. The normalized spacial score (nSPS) is 12.2. The number of benzene rings is 1. The van der Waals surface area contributed by atoms with Crippen molar-refractivity contribution in [2.24, 2.45) is 0 Å². The molecule has 0 radical (unpaired) electrons. The minimum Gasteiger partial charge on any atom is -0.481 e. The minimum atomic E-state index is -0.893. The lowest BCUT2D eigenvalue weighted by atomic mass is 9.98. The van der Waals surface area contributed by atoms with Crippen LogP contribution in [0.1, 0.15) is 41.2 Å². The van der Waals surface area contributed by atoms with E-state index < -0.39 is 11.9 Å². The molecule has 110 valence electrons. The van der Waals surface area contributed by atoms with Crippen molar-refractivity contribution in [3.8, 4) is 0 Å². The first-order valence-corrected chi connectivity index (χ1v) is 6.69. The van der Waals surface area contributed by atoms with Crippen LogP contribution in [-0.4, -0.2) is 21.0 Å². The van der Waals surface area contributed by atoms with Gasteiger partial charge >= 0.3 is 5.97 Å². The summed E-state index contributed by atoms with van der Waals surface area (Å²) in [6, 6.07) is 6.18. The molecule has 0 spiro atoms. The molecule has 0 fully saturated rings. The molecule has 0 aliphatic rings. The Labute approximate surface area is 122 Å². The van der Waals surface area contributed by atoms with E-state index in [2.05, 4.69) is 9.97 Å². The SMILES string of the molecule is Cc1nc(Cc2ccc(F)cc2)nc(C)c1C(C)C(=O)O. The first kappa shape index (κ1) is 15.1. The van der Waals surface area contributed by atoms with Gasteiger partial charge in [-0.1, -0.05) is 12.1 Å². The van der Waals surface area contributed by atoms with Crippen molar-refractivity contribution < 1.29 is 14.3 Å². The monoisotopic (exact) mass is 288 g/mol. The van der Waals surface area contributed by atoms with Crippen LogP contribution >= 0.6 is 0 Å². The Balaban J connectivity index is 2.31. The van der Waals surface area contributed by atoms with Crippen molar-refractivity contribution in [2.75, 3.05) is 0 Å². The molecule has 1 unspecified atom stereocenters. The third kappa shape index (κ3) is 3.42. The van der Waals surface area contributed by atoms with Crippen molar-refractivity contribution in [2.45, 2.75) is 33.1 Å². The summed E-state index contributed by atoms with van der Waals surface area (Å²) in [4.78, 5) is 19.9. The number of nitrogens with zero attached hydrogens (tertiary/aromatic N) is 2. The van der Waals surface area contributed by atoms with Crippen molar-refractivity contribution in [3.63, 3.8) is 0 Å². The fraction of sp³-hybridized carbons (Fsp3) is 0.312. The van der Waals surface area contributed by atoms with E-state index in [1.165, 1.54) is 12.1 Å². The summed E-state index contributed by atoms with van der Waals surface area (Å²) < 4.78 is 12.9. The molecule has 0 saturated carbocycles. The Hall–Kier alpha value is -2.30. The highest BCUT2D eigenvalue weighted by Crippen LogP contribution is 2.22. The molecule has 1 N–H and O–H groups in total. The van der Waals surface area contributed by atoms with Gasteiger partial charge in [0.2, 0.25) is 0 Å². The van der Waals surface area contributed by atoms with Crippen LogP contribution < -0.4 is 0 Å². The summed E-state index contributed by atoms with van der Waals surface area (Å²) in [5.41, 5.74) is 2.92. The second-order valence-electron chi connectivity index (χ2n) is 5.09. The van der Waals surface area contributed by atoms with Crippen LogP contribution in [-0.2, 0) is 11.2 Å². The number of rotatable bonds is 4. The predicted molar refractivity (Wildman–Crippen MR) is 76.8 cm³/mol. The van der Waals surface area contributed by atoms with Gasteiger partial charge in [-0.25, -0.2) is 14.4 Å². The summed E-state index contributed by atoms with van der Waals surface area (Å²) in [5.74, 6) is -1.20. The summed E-state index contributed by atoms with van der Waals surface area (Å²) in [7, 11) is 0. The van der Waals surface area contributed by atoms with Crippen LogP contribution in [0.2, 0.25) is 0 Å². The Bertz CT molecular complexity index is 645. The number of carboxylic acid groups (broad SMARTS) is 1. The van der Waals surface area contributed by atoms with E-state index in [9.17, 15) is 9.18 Å². The van der Waals surface area contributed by atoms with Crippen molar-refractivity contribution in [1.29, 1.82) is 0 Å². The molecule has 0 amide bonds. The van der Waals surface area contributed by atoms with Gasteiger partial charge in [0.25, 0.3) is 0 Å². The lowest BCUT2D eigenvalue weighted by molar-refractivity contribution is -0.138. The molecule has 1 aromatic heterocycles. The molecule has 2 rings (SSSR count). The number of carbonyl (C=O) groups is 1. The quantitative estimate of drug-likeness (QED) is 0.939. The molecule has 1 atom stereocenters. The Morgan fingerprint density at radius 2 is 1.71 bits per heavy atom. The molecule has 0 bridgehead atoms. The molecule has 5 heteroatoms. The standard InChI is InChI=1S/C16H17FN2O2/c1-9(16(20)21)15-10(2)18-14(19-11(15)3)8-12-4-6-13(17)7-5-12/h4-7,9H,8H2,1-3H3,(H,20,21). The van der Waals surface area contributed by atoms with Gasteiger partial charge in [-0.05, 0) is 38.5 Å².